The van der Waals surface area contributed by atoms with E-state index in [0.29, 0.717) is 6.04 Å². The van der Waals surface area contributed by atoms with Crippen molar-refractivity contribution in [1.82, 2.24) is 5.32 Å². The second-order valence-corrected chi connectivity index (χ2v) is 3.89. The van der Waals surface area contributed by atoms with Gasteiger partial charge in [0.1, 0.15) is 0 Å². The average Bonchev–Trinajstić information content (AvgIpc) is 2.19. The largest absolute Gasteiger partial charge is 0.398 e. The third kappa shape index (κ3) is 3.04. The SMILES string of the molecule is CCC(C)NCc1cc(C)ccc1N. The molecule has 1 aromatic carbocycles. The van der Waals surface area contributed by atoms with Gasteiger partial charge in [-0.2, -0.15) is 0 Å². The van der Waals surface area contributed by atoms with Crippen LogP contribution in [0.25, 0.3) is 0 Å². The van der Waals surface area contributed by atoms with Crippen LogP contribution in [0.5, 0.6) is 0 Å². The number of rotatable bonds is 4. The smallest absolute Gasteiger partial charge is 0.0359 e. The van der Waals surface area contributed by atoms with E-state index in [2.05, 4.69) is 32.2 Å². The first-order chi connectivity index (χ1) is 6.63. The minimum atomic E-state index is 0.551. The highest BCUT2D eigenvalue weighted by atomic mass is 14.9. The number of nitrogens with two attached hydrogens (primary N) is 1. The Bertz CT molecular complexity index is 294. The summed E-state index contributed by atoms with van der Waals surface area (Å²) in [4.78, 5) is 0. The van der Waals surface area contributed by atoms with Crippen molar-refractivity contribution in [3.63, 3.8) is 0 Å². The van der Waals surface area contributed by atoms with Gasteiger partial charge in [-0.05, 0) is 31.9 Å². The van der Waals surface area contributed by atoms with Crippen LogP contribution in [0.2, 0.25) is 0 Å². The molecule has 1 aromatic rings. The van der Waals surface area contributed by atoms with Gasteiger partial charge in [0.25, 0.3) is 0 Å². The molecule has 0 saturated carbocycles. The van der Waals surface area contributed by atoms with Gasteiger partial charge in [0.05, 0.1) is 0 Å². The summed E-state index contributed by atoms with van der Waals surface area (Å²) in [6.07, 6.45) is 1.14. The molecule has 1 unspecified atom stereocenters. The van der Waals surface area contributed by atoms with E-state index in [1.165, 1.54) is 11.1 Å². The number of anilines is 1. The minimum Gasteiger partial charge on any atom is -0.398 e. The topological polar surface area (TPSA) is 38.0 Å². The zero-order valence-electron chi connectivity index (χ0n) is 9.30. The molecule has 0 heterocycles. The Balaban J connectivity index is 2.62. The van der Waals surface area contributed by atoms with Gasteiger partial charge in [0.2, 0.25) is 0 Å². The molecule has 78 valence electrons. The fraction of sp³-hybridized carbons (Fsp3) is 0.500. The fourth-order valence-electron chi connectivity index (χ4n) is 1.32. The third-order valence-corrected chi connectivity index (χ3v) is 2.55. The molecule has 2 nitrogen and oxygen atoms in total. The average molecular weight is 192 g/mol. The molecule has 1 rings (SSSR count). The summed E-state index contributed by atoms with van der Waals surface area (Å²) in [5.41, 5.74) is 9.22. The van der Waals surface area contributed by atoms with Crippen molar-refractivity contribution in [2.24, 2.45) is 0 Å². The highest BCUT2D eigenvalue weighted by Crippen LogP contribution is 2.13. The maximum Gasteiger partial charge on any atom is 0.0359 e. The second kappa shape index (κ2) is 5.01. The molecule has 0 aliphatic rings. The van der Waals surface area contributed by atoms with Gasteiger partial charge in [-0.25, -0.2) is 0 Å². The summed E-state index contributed by atoms with van der Waals surface area (Å²) in [5, 5.41) is 3.44. The maximum absolute atomic E-state index is 5.88. The molecule has 0 radical (unpaired) electrons. The Morgan fingerprint density at radius 3 is 2.79 bits per heavy atom. The standard InChI is InChI=1S/C12H20N2/c1-4-10(3)14-8-11-7-9(2)5-6-12(11)13/h5-7,10,14H,4,8,13H2,1-3H3. The van der Waals surface area contributed by atoms with Crippen LogP contribution in [-0.2, 0) is 6.54 Å². The van der Waals surface area contributed by atoms with Gasteiger partial charge in [0.15, 0.2) is 0 Å². The van der Waals surface area contributed by atoms with Gasteiger partial charge >= 0.3 is 0 Å². The number of nitrogen functional groups attached to an aromatic ring is 1. The van der Waals surface area contributed by atoms with Crippen LogP contribution in [0, 0.1) is 6.92 Å². The maximum atomic E-state index is 5.88. The highest BCUT2D eigenvalue weighted by Gasteiger charge is 2.01. The van der Waals surface area contributed by atoms with E-state index in [1.54, 1.807) is 0 Å². The van der Waals surface area contributed by atoms with Gasteiger partial charge in [-0.15, -0.1) is 0 Å². The van der Waals surface area contributed by atoms with Crippen LogP contribution in [0.3, 0.4) is 0 Å². The molecule has 3 N–H and O–H groups in total. The highest BCUT2D eigenvalue weighted by molar-refractivity contribution is 5.48. The second-order valence-electron chi connectivity index (χ2n) is 3.89. The van der Waals surface area contributed by atoms with E-state index in [9.17, 15) is 0 Å². The molecule has 0 amide bonds. The van der Waals surface area contributed by atoms with E-state index in [1.807, 2.05) is 12.1 Å². The first kappa shape index (κ1) is 11.1. The molecule has 0 saturated heterocycles. The Morgan fingerprint density at radius 2 is 2.14 bits per heavy atom. The predicted octanol–water partition coefficient (Wildman–Crippen LogP) is 2.47. The Kier molecular flexibility index (Phi) is 3.96. The van der Waals surface area contributed by atoms with Gasteiger partial charge < -0.3 is 11.1 Å². The number of nitrogens with one attached hydrogen (secondary N) is 1. The van der Waals surface area contributed by atoms with E-state index in [4.69, 9.17) is 5.73 Å². The quantitative estimate of drug-likeness (QED) is 0.719. The zero-order chi connectivity index (χ0) is 10.6. The normalized spacial score (nSPS) is 12.8. The Labute approximate surface area is 86.5 Å². The van der Waals surface area contributed by atoms with E-state index in [0.717, 1.165) is 18.7 Å². The molecule has 2 heteroatoms. The van der Waals surface area contributed by atoms with Crippen LogP contribution >= 0.6 is 0 Å². The molecule has 14 heavy (non-hydrogen) atoms. The van der Waals surface area contributed by atoms with Crippen molar-refractivity contribution in [2.45, 2.75) is 39.8 Å². The van der Waals surface area contributed by atoms with Crippen LogP contribution in [0.4, 0.5) is 5.69 Å². The summed E-state index contributed by atoms with van der Waals surface area (Å²) in [6, 6.07) is 6.71. The van der Waals surface area contributed by atoms with Gasteiger partial charge in [0, 0.05) is 18.3 Å². The molecule has 0 aliphatic heterocycles. The predicted molar refractivity (Wildman–Crippen MR) is 62.2 cm³/mol. The first-order valence-electron chi connectivity index (χ1n) is 5.22. The molecular formula is C12H20N2. The van der Waals surface area contributed by atoms with Crippen molar-refractivity contribution in [1.29, 1.82) is 0 Å². The van der Waals surface area contributed by atoms with E-state index >= 15 is 0 Å². The first-order valence-corrected chi connectivity index (χ1v) is 5.22. The molecule has 0 fully saturated rings. The fourth-order valence-corrected chi connectivity index (χ4v) is 1.32. The lowest BCUT2D eigenvalue weighted by atomic mass is 10.1. The lowest BCUT2D eigenvalue weighted by molar-refractivity contribution is 0.534. The van der Waals surface area contributed by atoms with E-state index in [-0.39, 0.29) is 0 Å². The summed E-state index contributed by atoms with van der Waals surface area (Å²) >= 11 is 0. The molecule has 0 aliphatic carbocycles. The monoisotopic (exact) mass is 192 g/mol. The Hall–Kier alpha value is -1.02. The van der Waals surface area contributed by atoms with Crippen molar-refractivity contribution in [3.8, 4) is 0 Å². The number of benzene rings is 1. The Morgan fingerprint density at radius 1 is 1.43 bits per heavy atom. The molecular weight excluding hydrogens is 172 g/mol. The van der Waals surface area contributed by atoms with Crippen LogP contribution in [-0.4, -0.2) is 6.04 Å². The van der Waals surface area contributed by atoms with Crippen LogP contribution in [0.15, 0.2) is 18.2 Å². The van der Waals surface area contributed by atoms with Crippen molar-refractivity contribution < 1.29 is 0 Å². The summed E-state index contributed by atoms with van der Waals surface area (Å²) in [6.45, 7) is 7.32. The molecule has 0 spiro atoms. The van der Waals surface area contributed by atoms with Gasteiger partial charge in [-0.1, -0.05) is 24.6 Å². The third-order valence-electron chi connectivity index (χ3n) is 2.55. The van der Waals surface area contributed by atoms with E-state index < -0.39 is 0 Å². The summed E-state index contributed by atoms with van der Waals surface area (Å²) < 4.78 is 0. The summed E-state index contributed by atoms with van der Waals surface area (Å²) in [5.74, 6) is 0. The molecule has 0 aromatic heterocycles. The van der Waals surface area contributed by atoms with Crippen molar-refractivity contribution >= 4 is 5.69 Å². The van der Waals surface area contributed by atoms with Crippen LogP contribution < -0.4 is 11.1 Å². The lowest BCUT2D eigenvalue weighted by Crippen LogP contribution is -2.24. The molecule has 1 atom stereocenters. The number of hydrogen-bond acceptors (Lipinski definition) is 2. The van der Waals surface area contributed by atoms with Crippen molar-refractivity contribution in [2.75, 3.05) is 5.73 Å². The van der Waals surface area contributed by atoms with Crippen molar-refractivity contribution in [3.05, 3.63) is 29.3 Å². The zero-order valence-corrected chi connectivity index (χ0v) is 9.30. The van der Waals surface area contributed by atoms with Gasteiger partial charge in [-0.3, -0.25) is 0 Å². The summed E-state index contributed by atoms with van der Waals surface area (Å²) in [7, 11) is 0. The molecule has 0 bridgehead atoms. The lowest BCUT2D eigenvalue weighted by Gasteiger charge is -2.13. The van der Waals surface area contributed by atoms with Crippen LogP contribution in [0.1, 0.15) is 31.4 Å². The minimum absolute atomic E-state index is 0.551. The number of hydrogen-bond donors (Lipinski definition) is 2. The number of aryl methyl sites for hydroxylation is 1.